The first-order valence-electron chi connectivity index (χ1n) is 8.02. The number of carboxylic acids is 1. The van der Waals surface area contributed by atoms with Crippen molar-refractivity contribution < 1.29 is 14.7 Å². The van der Waals surface area contributed by atoms with E-state index in [1.807, 2.05) is 32.0 Å². The average molecular weight is 303 g/mol. The molecular weight excluding hydrogens is 278 g/mol. The van der Waals surface area contributed by atoms with E-state index in [-0.39, 0.29) is 12.3 Å². The Morgan fingerprint density at radius 1 is 1.27 bits per heavy atom. The number of amides is 1. The first-order valence-corrected chi connectivity index (χ1v) is 8.02. The van der Waals surface area contributed by atoms with Crippen molar-refractivity contribution in [3.8, 4) is 0 Å². The minimum Gasteiger partial charge on any atom is -0.481 e. The van der Waals surface area contributed by atoms with Gasteiger partial charge in [0.1, 0.15) is 0 Å². The summed E-state index contributed by atoms with van der Waals surface area (Å²) in [4.78, 5) is 24.9. The summed E-state index contributed by atoms with van der Waals surface area (Å²) in [5.41, 5.74) is 1.31. The molecule has 1 amide bonds. The number of aliphatic carboxylic acids is 1. The van der Waals surface area contributed by atoms with Gasteiger partial charge in [0.05, 0.1) is 6.42 Å². The maximum absolute atomic E-state index is 12.5. The molecule has 1 aliphatic carbocycles. The fourth-order valence-electron chi connectivity index (χ4n) is 2.92. The SMILES string of the molecule is CC(C)CN(CCC(=O)O)C(=O)C[C@@H]1C[C@H]1c1ccccc1. The highest BCUT2D eigenvalue weighted by atomic mass is 16.4. The van der Waals surface area contributed by atoms with Crippen LogP contribution in [0.2, 0.25) is 0 Å². The van der Waals surface area contributed by atoms with Crippen molar-refractivity contribution in [2.75, 3.05) is 13.1 Å². The molecule has 2 rings (SSSR count). The topological polar surface area (TPSA) is 57.6 Å². The molecule has 1 aromatic rings. The molecule has 1 aromatic carbocycles. The molecule has 0 aliphatic heterocycles. The largest absolute Gasteiger partial charge is 0.481 e. The van der Waals surface area contributed by atoms with Crippen molar-refractivity contribution in [2.24, 2.45) is 11.8 Å². The monoisotopic (exact) mass is 303 g/mol. The van der Waals surface area contributed by atoms with E-state index in [1.54, 1.807) is 4.90 Å². The number of benzene rings is 1. The summed E-state index contributed by atoms with van der Waals surface area (Å²) in [6.45, 7) is 5.04. The fourth-order valence-corrected chi connectivity index (χ4v) is 2.92. The van der Waals surface area contributed by atoms with Crippen molar-refractivity contribution in [1.82, 2.24) is 4.90 Å². The number of carbonyl (C=O) groups excluding carboxylic acids is 1. The molecular formula is C18H25NO3. The Morgan fingerprint density at radius 2 is 1.95 bits per heavy atom. The third-order valence-corrected chi connectivity index (χ3v) is 4.12. The lowest BCUT2D eigenvalue weighted by Crippen LogP contribution is -2.36. The Bertz CT molecular complexity index is 512. The van der Waals surface area contributed by atoms with Crippen molar-refractivity contribution >= 4 is 11.9 Å². The van der Waals surface area contributed by atoms with Gasteiger partial charge in [-0.1, -0.05) is 44.2 Å². The van der Waals surface area contributed by atoms with Crippen LogP contribution < -0.4 is 0 Å². The zero-order valence-corrected chi connectivity index (χ0v) is 13.4. The van der Waals surface area contributed by atoms with Crippen LogP contribution in [0.3, 0.4) is 0 Å². The third-order valence-electron chi connectivity index (χ3n) is 4.12. The summed E-state index contributed by atoms with van der Waals surface area (Å²) in [5, 5.41) is 8.83. The molecule has 120 valence electrons. The van der Waals surface area contributed by atoms with Crippen LogP contribution in [-0.2, 0) is 9.59 Å². The van der Waals surface area contributed by atoms with Gasteiger partial charge in [-0.2, -0.15) is 0 Å². The summed E-state index contributed by atoms with van der Waals surface area (Å²) >= 11 is 0. The van der Waals surface area contributed by atoms with E-state index in [4.69, 9.17) is 5.11 Å². The number of hydrogen-bond acceptors (Lipinski definition) is 2. The molecule has 0 saturated heterocycles. The van der Waals surface area contributed by atoms with E-state index in [1.165, 1.54) is 5.56 Å². The second-order valence-corrected chi connectivity index (χ2v) is 6.59. The van der Waals surface area contributed by atoms with Crippen LogP contribution in [0.15, 0.2) is 30.3 Å². The molecule has 1 fully saturated rings. The number of hydrogen-bond donors (Lipinski definition) is 1. The van der Waals surface area contributed by atoms with Crippen LogP contribution in [0.4, 0.5) is 0 Å². The first kappa shape index (κ1) is 16.5. The molecule has 1 N–H and O–H groups in total. The zero-order valence-electron chi connectivity index (χ0n) is 13.4. The van der Waals surface area contributed by atoms with E-state index in [9.17, 15) is 9.59 Å². The standard InChI is InChI=1S/C18H25NO3/c1-13(2)12-19(9-8-18(21)22)17(20)11-15-10-16(15)14-6-4-3-5-7-14/h3-7,13,15-16H,8-12H2,1-2H3,(H,21,22)/t15-,16-/m0/s1. The molecule has 4 heteroatoms. The molecule has 4 nitrogen and oxygen atoms in total. The number of rotatable bonds is 8. The van der Waals surface area contributed by atoms with Gasteiger partial charge < -0.3 is 10.0 Å². The van der Waals surface area contributed by atoms with Crippen molar-refractivity contribution in [2.45, 2.75) is 39.0 Å². The van der Waals surface area contributed by atoms with E-state index >= 15 is 0 Å². The van der Waals surface area contributed by atoms with Crippen molar-refractivity contribution in [3.63, 3.8) is 0 Å². The van der Waals surface area contributed by atoms with Crippen molar-refractivity contribution in [1.29, 1.82) is 0 Å². The van der Waals surface area contributed by atoms with Gasteiger partial charge in [0, 0.05) is 19.5 Å². The number of carbonyl (C=O) groups is 2. The molecule has 0 heterocycles. The average Bonchev–Trinajstić information content (AvgIpc) is 3.23. The normalized spacial score (nSPS) is 20.0. The number of carboxylic acid groups (broad SMARTS) is 1. The second kappa shape index (κ2) is 7.43. The Kier molecular flexibility index (Phi) is 5.58. The minimum absolute atomic E-state index is 0.0191. The molecule has 1 aliphatic rings. The van der Waals surface area contributed by atoms with Gasteiger partial charge in [0.25, 0.3) is 0 Å². The molecule has 0 unspecified atom stereocenters. The quantitative estimate of drug-likeness (QED) is 0.802. The molecule has 0 spiro atoms. The van der Waals surface area contributed by atoms with E-state index in [0.29, 0.717) is 37.3 Å². The minimum atomic E-state index is -0.852. The first-order chi connectivity index (χ1) is 10.5. The van der Waals surface area contributed by atoms with Crippen LogP contribution in [0, 0.1) is 11.8 Å². The summed E-state index contributed by atoms with van der Waals surface area (Å²) in [6.07, 6.45) is 1.61. The summed E-state index contributed by atoms with van der Waals surface area (Å²) in [5.74, 6) is 0.496. The van der Waals surface area contributed by atoms with Crippen LogP contribution in [0.1, 0.15) is 44.6 Å². The maximum Gasteiger partial charge on any atom is 0.305 e. The molecule has 0 radical (unpaired) electrons. The van der Waals surface area contributed by atoms with Crippen molar-refractivity contribution in [3.05, 3.63) is 35.9 Å². The lowest BCUT2D eigenvalue weighted by atomic mass is 10.1. The van der Waals surface area contributed by atoms with Crippen LogP contribution in [0.5, 0.6) is 0 Å². The maximum atomic E-state index is 12.5. The van der Waals surface area contributed by atoms with Crippen LogP contribution in [0.25, 0.3) is 0 Å². The van der Waals surface area contributed by atoms with E-state index in [2.05, 4.69) is 12.1 Å². The Morgan fingerprint density at radius 3 is 2.55 bits per heavy atom. The molecule has 22 heavy (non-hydrogen) atoms. The highest BCUT2D eigenvalue weighted by Gasteiger charge is 2.40. The van der Waals surface area contributed by atoms with Gasteiger partial charge >= 0.3 is 5.97 Å². The predicted molar refractivity (Wildman–Crippen MR) is 85.6 cm³/mol. The third kappa shape index (κ3) is 4.86. The highest BCUT2D eigenvalue weighted by Crippen LogP contribution is 2.49. The summed E-state index contributed by atoms with van der Waals surface area (Å²) in [7, 11) is 0. The highest BCUT2D eigenvalue weighted by molar-refractivity contribution is 5.78. The molecule has 0 bridgehead atoms. The Labute approximate surface area is 132 Å². The Hall–Kier alpha value is -1.84. The second-order valence-electron chi connectivity index (χ2n) is 6.59. The van der Waals surface area contributed by atoms with Gasteiger partial charge in [-0.25, -0.2) is 0 Å². The molecule has 1 saturated carbocycles. The van der Waals surface area contributed by atoms with E-state index in [0.717, 1.165) is 6.42 Å². The van der Waals surface area contributed by atoms with E-state index < -0.39 is 5.97 Å². The van der Waals surface area contributed by atoms with Gasteiger partial charge in [0.2, 0.25) is 5.91 Å². The fraction of sp³-hybridized carbons (Fsp3) is 0.556. The summed E-state index contributed by atoms with van der Waals surface area (Å²) < 4.78 is 0. The van der Waals surface area contributed by atoms with Crippen LogP contribution in [-0.4, -0.2) is 35.0 Å². The molecule has 0 aromatic heterocycles. The van der Waals surface area contributed by atoms with Crippen LogP contribution >= 0.6 is 0 Å². The zero-order chi connectivity index (χ0) is 16.1. The van der Waals surface area contributed by atoms with Gasteiger partial charge in [-0.05, 0) is 29.7 Å². The lowest BCUT2D eigenvalue weighted by Gasteiger charge is -2.24. The van der Waals surface area contributed by atoms with Gasteiger partial charge in [-0.3, -0.25) is 9.59 Å². The number of nitrogens with zero attached hydrogens (tertiary/aromatic N) is 1. The smallest absolute Gasteiger partial charge is 0.305 e. The van der Waals surface area contributed by atoms with Gasteiger partial charge in [0.15, 0.2) is 0 Å². The molecule has 2 atom stereocenters. The summed E-state index contributed by atoms with van der Waals surface area (Å²) in [6, 6.07) is 10.3. The van der Waals surface area contributed by atoms with Gasteiger partial charge in [-0.15, -0.1) is 0 Å². The lowest BCUT2D eigenvalue weighted by molar-refractivity contribution is -0.138. The predicted octanol–water partition coefficient (Wildman–Crippen LogP) is 3.14. The Balaban J connectivity index is 1.87.